The zero-order chi connectivity index (χ0) is 19.3. The van der Waals surface area contributed by atoms with E-state index in [4.69, 9.17) is 0 Å². The molecule has 0 radical (unpaired) electrons. The van der Waals surface area contributed by atoms with Crippen molar-refractivity contribution in [3.63, 3.8) is 0 Å². The molecule has 0 saturated carbocycles. The van der Waals surface area contributed by atoms with E-state index in [1.54, 1.807) is 12.1 Å². The molecule has 0 aromatic heterocycles. The Morgan fingerprint density at radius 3 is 2.42 bits per heavy atom. The molecule has 26 heavy (non-hydrogen) atoms. The Kier molecular flexibility index (Phi) is 7.67. The zero-order valence-corrected chi connectivity index (χ0v) is 18.2. The van der Waals surface area contributed by atoms with E-state index in [0.717, 1.165) is 32.1 Å². The molecule has 1 fully saturated rings. The lowest BCUT2D eigenvalue weighted by Gasteiger charge is -2.26. The second-order valence-corrected chi connectivity index (χ2v) is 10.2. The summed E-state index contributed by atoms with van der Waals surface area (Å²) in [6.07, 6.45) is 4.76. The van der Waals surface area contributed by atoms with Crippen LogP contribution in [0, 0.1) is 5.92 Å². The molecule has 2 rings (SSSR count). The molecule has 1 aliphatic heterocycles. The standard InChI is InChI=1S/C19H29BrN2O3S/c1-14(2)7-8-15(3)21-19(23)17-13-16(9-10-18(17)20)26(24,25)22-11-5-4-6-12-22/h9-10,13-15H,4-8,11-12H2,1-3H3,(H,21,23). The Labute approximate surface area is 165 Å². The molecule has 7 heteroatoms. The van der Waals surface area contributed by atoms with E-state index >= 15 is 0 Å². The largest absolute Gasteiger partial charge is 0.350 e. The first kappa shape index (κ1) is 21.4. The number of nitrogens with zero attached hydrogens (tertiary/aromatic N) is 1. The molecule has 1 atom stereocenters. The lowest BCUT2D eigenvalue weighted by Crippen LogP contribution is -2.36. The van der Waals surface area contributed by atoms with E-state index in [0.29, 0.717) is 29.0 Å². The van der Waals surface area contributed by atoms with Crippen molar-refractivity contribution in [2.24, 2.45) is 5.92 Å². The highest BCUT2D eigenvalue weighted by Crippen LogP contribution is 2.25. The van der Waals surface area contributed by atoms with Crippen LogP contribution in [0.25, 0.3) is 0 Å². The Morgan fingerprint density at radius 2 is 1.81 bits per heavy atom. The monoisotopic (exact) mass is 444 g/mol. The molecule has 1 amide bonds. The zero-order valence-electron chi connectivity index (χ0n) is 15.8. The van der Waals surface area contributed by atoms with Gasteiger partial charge in [-0.05, 0) is 72.7 Å². The average Bonchev–Trinajstić information content (AvgIpc) is 2.60. The van der Waals surface area contributed by atoms with Gasteiger partial charge in [0, 0.05) is 23.6 Å². The summed E-state index contributed by atoms with van der Waals surface area (Å²) in [5.41, 5.74) is 0.361. The summed E-state index contributed by atoms with van der Waals surface area (Å²) in [4.78, 5) is 12.8. The topological polar surface area (TPSA) is 66.5 Å². The summed E-state index contributed by atoms with van der Waals surface area (Å²) in [7, 11) is -3.55. The van der Waals surface area contributed by atoms with Crippen molar-refractivity contribution in [2.75, 3.05) is 13.1 Å². The van der Waals surface area contributed by atoms with Crippen LogP contribution < -0.4 is 5.32 Å². The van der Waals surface area contributed by atoms with Crippen LogP contribution in [0.3, 0.4) is 0 Å². The molecule has 1 N–H and O–H groups in total. The highest BCUT2D eigenvalue weighted by atomic mass is 79.9. The van der Waals surface area contributed by atoms with Crippen molar-refractivity contribution in [3.05, 3.63) is 28.2 Å². The summed E-state index contributed by atoms with van der Waals surface area (Å²) in [6.45, 7) is 7.38. The summed E-state index contributed by atoms with van der Waals surface area (Å²) in [5.74, 6) is 0.336. The number of hydrogen-bond acceptors (Lipinski definition) is 3. The molecule has 0 bridgehead atoms. The van der Waals surface area contributed by atoms with Crippen molar-refractivity contribution in [1.29, 1.82) is 0 Å². The van der Waals surface area contributed by atoms with Crippen LogP contribution in [0.2, 0.25) is 0 Å². The number of nitrogens with one attached hydrogen (secondary N) is 1. The molecule has 1 aliphatic rings. The van der Waals surface area contributed by atoms with Gasteiger partial charge in [-0.1, -0.05) is 20.3 Å². The normalized spacial score (nSPS) is 17.3. The van der Waals surface area contributed by atoms with E-state index in [-0.39, 0.29) is 16.8 Å². The van der Waals surface area contributed by atoms with Gasteiger partial charge < -0.3 is 5.32 Å². The third-order valence-electron chi connectivity index (χ3n) is 4.69. The van der Waals surface area contributed by atoms with Crippen LogP contribution in [0.15, 0.2) is 27.6 Å². The number of halogens is 1. The molecule has 0 spiro atoms. The predicted molar refractivity (Wildman–Crippen MR) is 108 cm³/mol. The van der Waals surface area contributed by atoms with Gasteiger partial charge in [-0.3, -0.25) is 4.79 Å². The van der Waals surface area contributed by atoms with Crippen molar-refractivity contribution in [2.45, 2.75) is 63.8 Å². The van der Waals surface area contributed by atoms with Crippen LogP contribution in [0.5, 0.6) is 0 Å². The van der Waals surface area contributed by atoms with E-state index in [2.05, 4.69) is 35.1 Å². The van der Waals surface area contributed by atoms with E-state index in [1.165, 1.54) is 10.4 Å². The summed E-state index contributed by atoms with van der Waals surface area (Å²) in [5, 5.41) is 2.97. The first-order valence-electron chi connectivity index (χ1n) is 9.32. The van der Waals surface area contributed by atoms with Crippen molar-refractivity contribution >= 4 is 31.9 Å². The lowest BCUT2D eigenvalue weighted by molar-refractivity contribution is 0.0936. The van der Waals surface area contributed by atoms with Gasteiger partial charge >= 0.3 is 0 Å². The number of carbonyl (C=O) groups excluding carboxylic acids is 1. The number of sulfonamides is 1. The Morgan fingerprint density at radius 1 is 1.15 bits per heavy atom. The maximum atomic E-state index is 12.9. The number of piperidine rings is 1. The molecule has 1 aromatic carbocycles. The predicted octanol–water partition coefficient (Wildman–Crippen LogP) is 4.18. The molecule has 1 unspecified atom stereocenters. The number of hydrogen-bond donors (Lipinski definition) is 1. The van der Waals surface area contributed by atoms with Crippen LogP contribution in [0.4, 0.5) is 0 Å². The lowest BCUT2D eigenvalue weighted by atomic mass is 10.0. The van der Waals surface area contributed by atoms with Gasteiger partial charge in [-0.15, -0.1) is 0 Å². The first-order chi connectivity index (χ1) is 12.2. The fraction of sp³-hybridized carbons (Fsp3) is 0.632. The Hall–Kier alpha value is -0.920. The third-order valence-corrected chi connectivity index (χ3v) is 7.28. The molecule has 1 aromatic rings. The van der Waals surface area contributed by atoms with Gasteiger partial charge in [0.05, 0.1) is 10.5 Å². The van der Waals surface area contributed by atoms with E-state index < -0.39 is 10.0 Å². The van der Waals surface area contributed by atoms with Crippen molar-refractivity contribution in [3.8, 4) is 0 Å². The molecule has 5 nitrogen and oxygen atoms in total. The minimum Gasteiger partial charge on any atom is -0.350 e. The number of carbonyl (C=O) groups is 1. The Bertz CT molecular complexity index is 728. The minimum absolute atomic E-state index is 0.0409. The molecule has 1 saturated heterocycles. The van der Waals surface area contributed by atoms with E-state index in [1.807, 2.05) is 6.92 Å². The van der Waals surface area contributed by atoms with E-state index in [9.17, 15) is 13.2 Å². The van der Waals surface area contributed by atoms with Gasteiger partial charge in [0.1, 0.15) is 0 Å². The van der Waals surface area contributed by atoms with Crippen LogP contribution in [-0.4, -0.2) is 37.8 Å². The maximum Gasteiger partial charge on any atom is 0.252 e. The number of amides is 1. The first-order valence-corrected chi connectivity index (χ1v) is 11.6. The quantitative estimate of drug-likeness (QED) is 0.685. The van der Waals surface area contributed by atoms with Crippen molar-refractivity contribution in [1.82, 2.24) is 9.62 Å². The van der Waals surface area contributed by atoms with Crippen LogP contribution in [-0.2, 0) is 10.0 Å². The molecule has 0 aliphatic carbocycles. The molecular weight excluding hydrogens is 416 g/mol. The van der Waals surface area contributed by atoms with Crippen molar-refractivity contribution < 1.29 is 13.2 Å². The maximum absolute atomic E-state index is 12.9. The fourth-order valence-corrected chi connectivity index (χ4v) is 5.02. The summed E-state index contributed by atoms with van der Waals surface area (Å²) >= 11 is 3.38. The van der Waals surface area contributed by atoms with Gasteiger partial charge in [-0.2, -0.15) is 4.31 Å². The third kappa shape index (κ3) is 5.54. The minimum atomic E-state index is -3.55. The highest BCUT2D eigenvalue weighted by Gasteiger charge is 2.27. The number of rotatable bonds is 7. The average molecular weight is 445 g/mol. The second kappa shape index (κ2) is 9.33. The highest BCUT2D eigenvalue weighted by molar-refractivity contribution is 9.10. The van der Waals surface area contributed by atoms with Gasteiger partial charge in [0.25, 0.3) is 5.91 Å². The number of benzene rings is 1. The van der Waals surface area contributed by atoms with Crippen LogP contribution in [0.1, 0.15) is 63.2 Å². The summed E-state index contributed by atoms with van der Waals surface area (Å²) < 4.78 is 27.8. The van der Waals surface area contributed by atoms with Crippen LogP contribution >= 0.6 is 15.9 Å². The van der Waals surface area contributed by atoms with Gasteiger partial charge in [0.2, 0.25) is 10.0 Å². The molecular formula is C19H29BrN2O3S. The summed E-state index contributed by atoms with van der Waals surface area (Å²) in [6, 6.07) is 4.73. The SMILES string of the molecule is CC(C)CCC(C)NC(=O)c1cc(S(=O)(=O)N2CCCCC2)ccc1Br. The smallest absolute Gasteiger partial charge is 0.252 e. The Balaban J connectivity index is 2.17. The molecule has 1 heterocycles. The second-order valence-electron chi connectivity index (χ2n) is 7.45. The van der Waals surface area contributed by atoms with Gasteiger partial charge in [0.15, 0.2) is 0 Å². The fourth-order valence-electron chi connectivity index (χ4n) is 3.05. The molecule has 146 valence electrons. The van der Waals surface area contributed by atoms with Gasteiger partial charge in [-0.25, -0.2) is 8.42 Å².